The Morgan fingerprint density at radius 3 is 1.66 bits per heavy atom. The minimum absolute atomic E-state index is 0.0517. The predicted octanol–water partition coefficient (Wildman–Crippen LogP) is -4.72. The molecule has 0 amide bonds. The average molecular weight is 1380 g/mol. The van der Waals surface area contributed by atoms with Crippen LogP contribution in [0.1, 0.15) is 120 Å². The van der Waals surface area contributed by atoms with Gasteiger partial charge in [-0.1, -0.05) is 60.1 Å². The second kappa shape index (κ2) is 28.3. The lowest BCUT2D eigenvalue weighted by atomic mass is 9.33. The first-order valence-electron chi connectivity index (χ1n) is 34.1. The monoisotopic (exact) mass is 1380 g/mol. The molecule has 5 aliphatic carbocycles. The van der Waals surface area contributed by atoms with E-state index in [0.29, 0.717) is 51.4 Å². The summed E-state index contributed by atoms with van der Waals surface area (Å²) in [7, 11) is 0. The van der Waals surface area contributed by atoms with Crippen molar-refractivity contribution in [2.75, 3.05) is 33.0 Å². The summed E-state index contributed by atoms with van der Waals surface area (Å²) in [5, 5.41) is 195. The van der Waals surface area contributed by atoms with Crippen molar-refractivity contribution in [3.8, 4) is 0 Å². The molecule has 31 nitrogen and oxygen atoms in total. The molecule has 552 valence electrons. The van der Waals surface area contributed by atoms with Crippen LogP contribution in [0.3, 0.4) is 0 Å². The Balaban J connectivity index is 0.760. The molecular weight excluding hydrogens is 1280 g/mol. The summed E-state index contributed by atoms with van der Waals surface area (Å²) < 4.78 is 70.8. The van der Waals surface area contributed by atoms with Crippen LogP contribution in [0.5, 0.6) is 0 Å². The van der Waals surface area contributed by atoms with E-state index < -0.39 is 239 Å². The molecule has 0 radical (unpaired) electrons. The maximum Gasteiger partial charge on any atom is 0.315 e. The lowest BCUT2D eigenvalue weighted by Gasteiger charge is -2.71. The summed E-state index contributed by atoms with van der Waals surface area (Å²) in [6.07, 6.45) is -40.3. The maximum absolute atomic E-state index is 15.3. The summed E-state index contributed by atoms with van der Waals surface area (Å²) >= 11 is 0. The summed E-state index contributed by atoms with van der Waals surface area (Å²) in [6, 6.07) is 0. The molecule has 10 fully saturated rings. The molecule has 37 atom stereocenters. The fraction of sp³-hybridized carbons (Fsp3) is 0.954. The molecule has 11 aliphatic rings. The number of esters is 1. The van der Waals surface area contributed by atoms with Crippen LogP contribution in [-0.2, 0) is 61.6 Å². The molecule has 31 heteroatoms. The molecule has 6 heterocycles. The van der Waals surface area contributed by atoms with Gasteiger partial charge in [0.15, 0.2) is 31.5 Å². The Morgan fingerprint density at radius 2 is 1.02 bits per heavy atom. The molecule has 18 N–H and O–H groups in total. The third-order valence-corrected chi connectivity index (χ3v) is 25.2. The zero-order valence-electron chi connectivity index (χ0n) is 55.6. The van der Waals surface area contributed by atoms with Crippen molar-refractivity contribution in [1.29, 1.82) is 0 Å². The van der Waals surface area contributed by atoms with Crippen LogP contribution in [0, 0.1) is 50.2 Å². The minimum Gasteiger partial charge on any atom is -0.432 e. The fourth-order valence-electron chi connectivity index (χ4n) is 19.1. The van der Waals surface area contributed by atoms with Crippen LogP contribution >= 0.6 is 0 Å². The van der Waals surface area contributed by atoms with E-state index in [0.717, 1.165) is 12.8 Å². The molecule has 6 aliphatic heterocycles. The number of hydrogen-bond acceptors (Lipinski definition) is 31. The Kier molecular flexibility index (Phi) is 22.1. The van der Waals surface area contributed by atoms with Gasteiger partial charge in [-0.15, -0.1) is 0 Å². The summed E-state index contributed by atoms with van der Waals surface area (Å²) in [5.41, 5.74) is -1.67. The first-order valence-corrected chi connectivity index (χ1v) is 34.1. The van der Waals surface area contributed by atoms with Gasteiger partial charge in [0.2, 0.25) is 6.29 Å². The van der Waals surface area contributed by atoms with E-state index in [1.165, 1.54) is 12.5 Å². The largest absolute Gasteiger partial charge is 0.432 e. The van der Waals surface area contributed by atoms with Gasteiger partial charge in [-0.05, 0) is 116 Å². The second-order valence-corrected chi connectivity index (χ2v) is 31.5. The van der Waals surface area contributed by atoms with E-state index in [2.05, 4.69) is 54.5 Å². The highest BCUT2D eigenvalue weighted by atomic mass is 16.8. The van der Waals surface area contributed by atoms with Gasteiger partial charge in [0.1, 0.15) is 134 Å². The van der Waals surface area contributed by atoms with Crippen molar-refractivity contribution in [2.45, 2.75) is 304 Å². The average Bonchev–Trinajstić information content (AvgIpc) is 0.676. The number of fused-ring (bicyclic) bond motifs is 7. The number of hydrogen-bond donors (Lipinski definition) is 18. The molecule has 37 unspecified atom stereocenters. The number of carbonyl (C=O) groups is 1. The number of aliphatic hydroxyl groups is 18. The highest BCUT2D eigenvalue weighted by molar-refractivity contribution is 5.79. The molecule has 0 aromatic rings. The van der Waals surface area contributed by atoms with E-state index in [1.54, 1.807) is 0 Å². The van der Waals surface area contributed by atoms with Gasteiger partial charge >= 0.3 is 5.97 Å². The number of rotatable bonds is 16. The molecule has 0 bridgehead atoms. The first-order chi connectivity index (χ1) is 45.0. The molecular formula is C65H106O31. The molecule has 11 rings (SSSR count). The highest BCUT2D eigenvalue weighted by Gasteiger charge is 2.71. The number of carbonyl (C=O) groups excluding carboxylic acids is 1. The van der Waals surface area contributed by atoms with Crippen molar-refractivity contribution < 1.29 is 154 Å². The van der Waals surface area contributed by atoms with Crippen molar-refractivity contribution in [1.82, 2.24) is 0 Å². The quantitative estimate of drug-likeness (QED) is 0.0392. The van der Waals surface area contributed by atoms with Crippen molar-refractivity contribution >= 4 is 5.97 Å². The lowest BCUT2D eigenvalue weighted by Crippen LogP contribution is -2.67. The van der Waals surface area contributed by atoms with Crippen molar-refractivity contribution in [2.24, 2.45) is 50.2 Å². The van der Waals surface area contributed by atoms with Gasteiger partial charge < -0.3 is 149 Å². The third kappa shape index (κ3) is 12.9. The van der Waals surface area contributed by atoms with Gasteiger partial charge in [0, 0.05) is 0 Å². The highest BCUT2D eigenvalue weighted by Crippen LogP contribution is 2.76. The minimum atomic E-state index is -1.93. The zero-order chi connectivity index (χ0) is 70.0. The van der Waals surface area contributed by atoms with Crippen LogP contribution < -0.4 is 0 Å². The van der Waals surface area contributed by atoms with E-state index in [1.807, 2.05) is 0 Å². The number of allylic oxidation sites excluding steroid dienone is 2. The Morgan fingerprint density at radius 1 is 0.490 bits per heavy atom. The molecule has 0 spiro atoms. The van der Waals surface area contributed by atoms with Gasteiger partial charge in [0.25, 0.3) is 0 Å². The maximum atomic E-state index is 15.3. The molecule has 0 aromatic heterocycles. The van der Waals surface area contributed by atoms with Crippen LogP contribution in [0.15, 0.2) is 11.6 Å². The van der Waals surface area contributed by atoms with Crippen LogP contribution in [0.25, 0.3) is 0 Å². The van der Waals surface area contributed by atoms with Gasteiger partial charge in [-0.3, -0.25) is 4.79 Å². The number of aliphatic hydroxyl groups excluding tert-OH is 18. The van der Waals surface area contributed by atoms with E-state index in [9.17, 15) is 91.9 Å². The molecule has 6 saturated heterocycles. The Labute approximate surface area is 556 Å². The Hall–Kier alpha value is -1.95. The summed E-state index contributed by atoms with van der Waals surface area (Å²) in [4.78, 5) is 15.3. The lowest BCUT2D eigenvalue weighted by molar-refractivity contribution is -0.381. The summed E-state index contributed by atoms with van der Waals surface area (Å²) in [5.74, 6) is -0.745. The smallest absolute Gasteiger partial charge is 0.315 e. The van der Waals surface area contributed by atoms with E-state index >= 15 is 4.79 Å². The van der Waals surface area contributed by atoms with E-state index in [-0.39, 0.29) is 34.0 Å². The fourth-order valence-corrected chi connectivity index (χ4v) is 19.1. The van der Waals surface area contributed by atoms with E-state index in [4.69, 9.17) is 56.8 Å². The topological polar surface area (TPSA) is 492 Å². The summed E-state index contributed by atoms with van der Waals surface area (Å²) in [6.45, 7) is 13.6. The predicted molar refractivity (Wildman–Crippen MR) is 321 cm³/mol. The SMILES string of the molecule is CC1OC(OC2C(CO)OC(OCC3OC(OC(=O)C45CCC(C)(C)CC4C4=CCC6C7(C)CCC(OC8OC(CO)C(O)C(OC9OC(CO)C(O)C(OC%10OCC(O)C(O)C%10O)C9O)C8O)C(C)(C)C7CCC6(C)C4(C)CC5)C(O)C(O)C3O)C(O)C2O)C(O)C(O)C1O. The van der Waals surface area contributed by atoms with Crippen LogP contribution in [0.2, 0.25) is 0 Å². The molecule has 96 heavy (non-hydrogen) atoms. The molecule has 4 saturated carbocycles. The number of ether oxygens (including phenoxy) is 12. The van der Waals surface area contributed by atoms with Crippen LogP contribution in [-0.4, -0.2) is 315 Å². The Bertz CT molecular complexity index is 2690. The van der Waals surface area contributed by atoms with Crippen molar-refractivity contribution in [3.63, 3.8) is 0 Å². The zero-order valence-corrected chi connectivity index (χ0v) is 55.6. The van der Waals surface area contributed by atoms with Gasteiger partial charge in [-0.25, -0.2) is 0 Å². The normalized spacial score (nSPS) is 54.1. The third-order valence-electron chi connectivity index (χ3n) is 25.2. The molecule has 0 aromatic carbocycles. The second-order valence-electron chi connectivity index (χ2n) is 31.5. The van der Waals surface area contributed by atoms with Gasteiger partial charge in [0.05, 0.1) is 50.7 Å². The first kappa shape index (κ1) is 75.2. The standard InChI is InChI=1S/C65H106O31/c1-25-36(70)41(75)45(79)55(87-25)93-50-31(22-68)90-53(47(81)43(50)77)86-24-32-38(72)42(76)46(80)56(91-32)96-59(84)65-17-15-60(2,3)19-27(65)26-9-10-34-62(6)13-12-35(61(4,5)33(62)11-14-64(34,8)63(26,7)16-18-65)92-57-48(82)52(40(74)29(20-66)88-57)95-58-49(83)51(39(73)30(21-67)89-58)94-54-44(78)37(71)28(69)23-85-54/h9,25,27-58,66-83H,10-24H2,1-8H3. The van der Waals surface area contributed by atoms with Crippen molar-refractivity contribution in [3.05, 3.63) is 11.6 Å². The van der Waals surface area contributed by atoms with Crippen LogP contribution in [0.4, 0.5) is 0 Å². The van der Waals surface area contributed by atoms with Gasteiger partial charge in [-0.2, -0.15) is 0 Å².